The van der Waals surface area contributed by atoms with Crippen LogP contribution in [0.5, 0.6) is 0 Å². The van der Waals surface area contributed by atoms with Crippen LogP contribution in [0.25, 0.3) is 12.2 Å². The molecule has 0 aliphatic heterocycles. The topological polar surface area (TPSA) is 65.8 Å². The Morgan fingerprint density at radius 1 is 1.27 bits per heavy atom. The van der Waals surface area contributed by atoms with Crippen molar-refractivity contribution in [3.63, 3.8) is 0 Å². The molecule has 136 valence electrons. The van der Waals surface area contributed by atoms with Crippen molar-refractivity contribution in [3.05, 3.63) is 56.6 Å². The Bertz CT molecular complexity index is 1100. The second kappa shape index (κ2) is 6.78. The van der Waals surface area contributed by atoms with Gasteiger partial charge in [0.1, 0.15) is 5.36 Å². The van der Waals surface area contributed by atoms with Crippen LogP contribution in [0.1, 0.15) is 37.9 Å². The van der Waals surface area contributed by atoms with E-state index in [0.717, 1.165) is 22.6 Å². The van der Waals surface area contributed by atoms with Gasteiger partial charge >= 0.3 is 0 Å². The highest BCUT2D eigenvalue weighted by atomic mass is 16.1. The molecule has 0 radical (unpaired) electrons. The van der Waals surface area contributed by atoms with Crippen LogP contribution in [0.4, 0.5) is 11.4 Å². The van der Waals surface area contributed by atoms with Gasteiger partial charge in [0.2, 0.25) is 0 Å². The molecule has 2 aromatic heterocycles. The van der Waals surface area contributed by atoms with Crippen molar-refractivity contribution in [1.82, 2.24) is 14.6 Å². The number of aromatic nitrogens is 3. The summed E-state index contributed by atoms with van der Waals surface area (Å²) in [4.78, 5) is 24.3. The molecule has 0 aliphatic carbocycles. The molecule has 3 aromatic rings. The summed E-state index contributed by atoms with van der Waals surface area (Å²) >= 11 is 0. The Kier molecular flexibility index (Phi) is 4.68. The first-order valence-corrected chi connectivity index (χ1v) is 8.82. The number of nitrogens with one attached hydrogen (secondary N) is 1. The number of H-pyrrole nitrogens is 1. The third-order valence-corrected chi connectivity index (χ3v) is 4.46. The van der Waals surface area contributed by atoms with Gasteiger partial charge in [-0.05, 0) is 36.6 Å². The maximum Gasteiger partial charge on any atom is 0.276 e. The van der Waals surface area contributed by atoms with E-state index in [2.05, 4.69) is 11.7 Å². The molecule has 0 aliphatic rings. The van der Waals surface area contributed by atoms with Crippen molar-refractivity contribution in [2.45, 2.75) is 33.1 Å². The lowest BCUT2D eigenvalue weighted by atomic mass is 10.0. The Labute approximate surface area is 152 Å². The van der Waals surface area contributed by atoms with Crippen LogP contribution in [-0.2, 0) is 6.42 Å². The molecule has 0 amide bonds. The molecule has 6 heteroatoms. The van der Waals surface area contributed by atoms with Gasteiger partial charge in [0.05, 0.1) is 16.7 Å². The summed E-state index contributed by atoms with van der Waals surface area (Å²) < 4.78 is 1.46. The van der Waals surface area contributed by atoms with Crippen LogP contribution < -0.4 is 21.2 Å². The number of hydrogen-bond donors (Lipinski definition) is 1. The minimum absolute atomic E-state index is 0.0736. The first kappa shape index (κ1) is 17.9. The van der Waals surface area contributed by atoms with Crippen molar-refractivity contribution in [1.29, 1.82) is 0 Å². The van der Waals surface area contributed by atoms with Crippen LogP contribution in [0.3, 0.4) is 0 Å². The van der Waals surface area contributed by atoms with E-state index in [1.165, 1.54) is 4.52 Å². The van der Waals surface area contributed by atoms with Crippen LogP contribution in [0.2, 0.25) is 0 Å². The Morgan fingerprint density at radius 3 is 2.46 bits per heavy atom. The molecule has 0 saturated heterocycles. The zero-order valence-electron chi connectivity index (χ0n) is 16.0. The van der Waals surface area contributed by atoms with E-state index >= 15 is 0 Å². The highest BCUT2D eigenvalue weighted by molar-refractivity contribution is 5.52. The molecule has 6 nitrogen and oxygen atoms in total. The lowest BCUT2D eigenvalue weighted by Gasteiger charge is -2.11. The quantitative estimate of drug-likeness (QED) is 0.783. The number of rotatable bonds is 4. The van der Waals surface area contributed by atoms with Crippen molar-refractivity contribution >= 4 is 23.6 Å². The predicted octanol–water partition coefficient (Wildman–Crippen LogP) is 2.14. The van der Waals surface area contributed by atoms with Crippen molar-refractivity contribution in [2.24, 2.45) is 4.99 Å². The summed E-state index contributed by atoms with van der Waals surface area (Å²) in [6.07, 6.45) is 0.645. The molecule has 3 rings (SSSR count). The largest absolute Gasteiger partial charge is 0.378 e. The number of benzene rings is 1. The Hall–Kier alpha value is -2.89. The van der Waals surface area contributed by atoms with Crippen LogP contribution in [0.15, 0.2) is 34.1 Å². The van der Waals surface area contributed by atoms with E-state index < -0.39 is 0 Å². The maximum absolute atomic E-state index is 12.8. The fraction of sp³-hybridized carbons (Fsp3) is 0.350. The van der Waals surface area contributed by atoms with E-state index in [9.17, 15) is 4.79 Å². The fourth-order valence-corrected chi connectivity index (χ4v) is 3.04. The summed E-state index contributed by atoms with van der Waals surface area (Å²) in [5.41, 5.74) is 3.91. The second-order valence-corrected chi connectivity index (χ2v) is 6.91. The minimum atomic E-state index is -0.0736. The normalized spacial score (nSPS) is 12.3. The van der Waals surface area contributed by atoms with Gasteiger partial charge in [-0.3, -0.25) is 9.89 Å². The van der Waals surface area contributed by atoms with Crippen LogP contribution >= 0.6 is 0 Å². The van der Waals surface area contributed by atoms with Crippen LogP contribution in [0, 0.1) is 0 Å². The molecule has 26 heavy (non-hydrogen) atoms. The Morgan fingerprint density at radius 2 is 1.92 bits per heavy atom. The first-order valence-electron chi connectivity index (χ1n) is 8.82. The van der Waals surface area contributed by atoms with Crippen LogP contribution in [-0.4, -0.2) is 28.7 Å². The van der Waals surface area contributed by atoms with Gasteiger partial charge in [0.15, 0.2) is 5.65 Å². The van der Waals surface area contributed by atoms with E-state index in [-0.39, 0.29) is 11.5 Å². The summed E-state index contributed by atoms with van der Waals surface area (Å²) in [5, 5.41) is 4.19. The third kappa shape index (κ3) is 3.03. The van der Waals surface area contributed by atoms with Crippen molar-refractivity contribution in [2.75, 3.05) is 19.0 Å². The van der Waals surface area contributed by atoms with Gasteiger partial charge in [-0.15, -0.1) is 0 Å². The zero-order chi connectivity index (χ0) is 19.0. The Balaban J connectivity index is 2.28. The van der Waals surface area contributed by atoms with E-state index in [4.69, 9.17) is 9.98 Å². The predicted molar refractivity (Wildman–Crippen MR) is 106 cm³/mol. The van der Waals surface area contributed by atoms with Gasteiger partial charge in [-0.2, -0.15) is 4.52 Å². The lowest BCUT2D eigenvalue weighted by Crippen LogP contribution is -2.24. The van der Waals surface area contributed by atoms with Crippen molar-refractivity contribution < 1.29 is 0 Å². The van der Waals surface area contributed by atoms with Gasteiger partial charge in [-0.1, -0.05) is 27.4 Å². The molecular formula is C20H25N5O. The molecule has 0 saturated carbocycles. The smallest absolute Gasteiger partial charge is 0.276 e. The first-order chi connectivity index (χ1) is 12.3. The third-order valence-electron chi connectivity index (χ3n) is 4.46. The molecule has 0 fully saturated rings. The highest BCUT2D eigenvalue weighted by Gasteiger charge is 2.16. The molecule has 0 bridgehead atoms. The summed E-state index contributed by atoms with van der Waals surface area (Å²) in [7, 11) is 3.99. The molecular weight excluding hydrogens is 326 g/mol. The molecule has 1 N–H and O–H groups in total. The average Bonchev–Trinajstić information content (AvgIpc) is 2.91. The number of anilines is 1. The average molecular weight is 351 g/mol. The SMILES string of the molecule is C=c1[nH]n2c(=O)c(CC)c(C(C)C)nc2c1=Nc1ccc(N(C)C)cc1. The van der Waals surface area contributed by atoms with Gasteiger partial charge in [0.25, 0.3) is 5.56 Å². The van der Waals surface area contributed by atoms with Crippen molar-refractivity contribution in [3.8, 4) is 0 Å². The monoisotopic (exact) mass is 351 g/mol. The lowest BCUT2D eigenvalue weighted by molar-refractivity contribution is 0.763. The van der Waals surface area contributed by atoms with E-state index in [1.807, 2.05) is 64.0 Å². The number of aromatic amines is 1. The van der Waals surface area contributed by atoms with Gasteiger partial charge < -0.3 is 4.90 Å². The zero-order valence-corrected chi connectivity index (χ0v) is 16.0. The number of nitrogens with zero attached hydrogens (tertiary/aromatic N) is 4. The standard InChI is InChI=1S/C20H25N5O/c1-7-16-17(12(2)3)22-19-18(13(4)23-25(19)20(16)26)21-14-8-10-15(11-9-14)24(5)6/h8-12,23H,4,7H2,1-3,5-6H3. The molecule has 0 spiro atoms. The highest BCUT2D eigenvalue weighted by Crippen LogP contribution is 2.18. The molecule has 0 atom stereocenters. The van der Waals surface area contributed by atoms with Gasteiger partial charge in [-0.25, -0.2) is 9.98 Å². The molecule has 2 heterocycles. The second-order valence-electron chi connectivity index (χ2n) is 6.91. The molecule has 0 unspecified atom stereocenters. The summed E-state index contributed by atoms with van der Waals surface area (Å²) in [6.45, 7) is 10.1. The minimum Gasteiger partial charge on any atom is -0.378 e. The number of hydrogen-bond acceptors (Lipinski definition) is 4. The van der Waals surface area contributed by atoms with Gasteiger partial charge in [0, 0.05) is 25.3 Å². The van der Waals surface area contributed by atoms with E-state index in [0.29, 0.717) is 22.8 Å². The maximum atomic E-state index is 12.8. The number of fused-ring (bicyclic) bond motifs is 1. The fourth-order valence-electron chi connectivity index (χ4n) is 3.04. The summed E-state index contributed by atoms with van der Waals surface area (Å²) in [6, 6.07) is 7.90. The van der Waals surface area contributed by atoms with E-state index in [1.54, 1.807) is 0 Å². The molecule has 1 aromatic carbocycles. The summed E-state index contributed by atoms with van der Waals surface area (Å²) in [5.74, 6) is 0.165.